The second-order valence-electron chi connectivity index (χ2n) is 9.39. The van der Waals surface area contributed by atoms with Crippen LogP contribution < -0.4 is 5.69 Å². The minimum absolute atomic E-state index is 0.0800. The van der Waals surface area contributed by atoms with Crippen LogP contribution >= 0.6 is 0 Å². The number of rotatable bonds is 2. The number of nitrogens with zero attached hydrogens (tertiary/aromatic N) is 4. The van der Waals surface area contributed by atoms with Gasteiger partial charge < -0.3 is 14.6 Å². The van der Waals surface area contributed by atoms with Crippen LogP contribution in [0.4, 0.5) is 9.18 Å². The van der Waals surface area contributed by atoms with Gasteiger partial charge in [0.1, 0.15) is 17.2 Å². The molecule has 1 amide bonds. The molecule has 170 valence electrons. The van der Waals surface area contributed by atoms with Crippen LogP contribution in [0, 0.1) is 19.7 Å². The van der Waals surface area contributed by atoms with Crippen LogP contribution in [-0.4, -0.2) is 42.5 Å². The zero-order valence-electron chi connectivity index (χ0n) is 19.2. The normalized spacial score (nSPS) is 16.2. The van der Waals surface area contributed by atoms with Crippen molar-refractivity contribution < 1.29 is 13.9 Å². The summed E-state index contributed by atoms with van der Waals surface area (Å²) >= 11 is 0. The fourth-order valence-electron chi connectivity index (χ4n) is 4.10. The van der Waals surface area contributed by atoms with E-state index in [1.54, 1.807) is 48.0 Å². The molecule has 3 heterocycles. The number of nitrogens with one attached hydrogen (secondary N) is 1. The number of aromatic nitrogens is 4. The fraction of sp³-hybridized carbons (Fsp3) is 0.435. The number of aromatic amines is 1. The van der Waals surface area contributed by atoms with Gasteiger partial charge in [0.05, 0.1) is 17.9 Å². The van der Waals surface area contributed by atoms with Gasteiger partial charge in [0.25, 0.3) is 0 Å². The Hall–Kier alpha value is -3.36. The third kappa shape index (κ3) is 3.83. The highest BCUT2D eigenvalue weighted by Gasteiger charge is 2.35. The number of hydrogen-bond acceptors (Lipinski definition) is 4. The van der Waals surface area contributed by atoms with E-state index in [0.717, 1.165) is 11.3 Å². The lowest BCUT2D eigenvalue weighted by Gasteiger charge is -2.32. The van der Waals surface area contributed by atoms with E-state index in [1.165, 1.54) is 4.57 Å². The Labute approximate surface area is 185 Å². The summed E-state index contributed by atoms with van der Waals surface area (Å²) in [4.78, 5) is 29.6. The van der Waals surface area contributed by atoms with Crippen LogP contribution in [0.1, 0.15) is 56.0 Å². The van der Waals surface area contributed by atoms with Crippen molar-refractivity contribution in [3.05, 3.63) is 63.2 Å². The lowest BCUT2D eigenvalue weighted by molar-refractivity contribution is 0.0208. The highest BCUT2D eigenvalue weighted by Crippen LogP contribution is 2.34. The van der Waals surface area contributed by atoms with Crippen LogP contribution in [0.5, 0.6) is 0 Å². The van der Waals surface area contributed by atoms with E-state index in [2.05, 4.69) is 4.98 Å². The average Bonchev–Trinajstić information content (AvgIpc) is 3.27. The minimum Gasteiger partial charge on any atom is -0.444 e. The average molecular weight is 442 g/mol. The molecule has 9 heteroatoms. The molecule has 8 nitrogen and oxygen atoms in total. The van der Waals surface area contributed by atoms with Crippen molar-refractivity contribution in [3.63, 3.8) is 0 Å². The summed E-state index contributed by atoms with van der Waals surface area (Å²) < 4.78 is 23.0. The van der Waals surface area contributed by atoms with Crippen molar-refractivity contribution in [3.8, 4) is 11.5 Å². The van der Waals surface area contributed by atoms with Gasteiger partial charge in [0, 0.05) is 30.4 Å². The van der Waals surface area contributed by atoms with Gasteiger partial charge in [0.15, 0.2) is 0 Å². The highest BCUT2D eigenvalue weighted by molar-refractivity contribution is 5.69. The monoisotopic (exact) mass is 441 g/mol. The number of ether oxygens (including phenoxy) is 1. The quantitative estimate of drug-likeness (QED) is 0.652. The lowest BCUT2D eigenvalue weighted by atomic mass is 9.98. The summed E-state index contributed by atoms with van der Waals surface area (Å²) in [7, 11) is 0. The number of halogens is 1. The van der Waals surface area contributed by atoms with E-state index in [4.69, 9.17) is 9.84 Å². The molecule has 0 fully saturated rings. The van der Waals surface area contributed by atoms with Crippen molar-refractivity contribution >= 4 is 6.09 Å². The first-order chi connectivity index (χ1) is 15.0. The molecule has 0 saturated heterocycles. The van der Waals surface area contributed by atoms with E-state index < -0.39 is 11.7 Å². The van der Waals surface area contributed by atoms with Crippen LogP contribution in [0.3, 0.4) is 0 Å². The van der Waals surface area contributed by atoms with Gasteiger partial charge in [-0.1, -0.05) is 6.92 Å². The molecule has 0 radical (unpaired) electrons. The Morgan fingerprint density at radius 1 is 1.25 bits per heavy atom. The predicted molar refractivity (Wildman–Crippen MR) is 118 cm³/mol. The van der Waals surface area contributed by atoms with E-state index >= 15 is 0 Å². The van der Waals surface area contributed by atoms with Gasteiger partial charge in [-0.25, -0.2) is 18.7 Å². The maximum atomic E-state index is 14.3. The number of carbonyl (C=O) groups is 1. The topological polar surface area (TPSA) is 85.2 Å². The number of H-pyrrole nitrogens is 1. The Bertz CT molecular complexity index is 1220. The Morgan fingerprint density at radius 2 is 1.91 bits per heavy atom. The first-order valence-corrected chi connectivity index (χ1v) is 10.6. The summed E-state index contributed by atoms with van der Waals surface area (Å²) in [6.07, 6.45) is 2.75. The number of aryl methyl sites for hydroxylation is 2. The van der Waals surface area contributed by atoms with Gasteiger partial charge in [0.2, 0.25) is 0 Å². The summed E-state index contributed by atoms with van der Waals surface area (Å²) in [6, 6.07) is 3.41. The van der Waals surface area contributed by atoms with Crippen molar-refractivity contribution in [2.45, 2.75) is 59.6 Å². The molecule has 0 bridgehead atoms. The molecule has 1 N–H and O–H groups in total. The molecule has 3 aromatic rings. The number of imidazole rings is 1. The molecule has 4 rings (SSSR count). The van der Waals surface area contributed by atoms with Crippen LogP contribution in [-0.2, 0) is 11.3 Å². The molecule has 0 saturated carbocycles. The highest BCUT2D eigenvalue weighted by atomic mass is 19.1. The minimum atomic E-state index is -0.617. The van der Waals surface area contributed by atoms with Crippen molar-refractivity contribution in [2.75, 3.05) is 6.54 Å². The van der Waals surface area contributed by atoms with E-state index in [1.807, 2.05) is 27.7 Å². The summed E-state index contributed by atoms with van der Waals surface area (Å²) in [5.41, 5.74) is 2.24. The standard InChI is InChI=1S/C23H28FN5O3/c1-13-9-16(10-14(2)18(13)24)29-20(28-8-7-25-21(28)30)17-12-27(11-15(3)19(17)26-29)22(31)32-23(4,5)6/h7-10,15H,11-12H2,1-6H3,(H,25,30)/t15-/m0/s1. The molecular weight excluding hydrogens is 413 g/mol. The number of benzene rings is 1. The maximum Gasteiger partial charge on any atom is 0.410 e. The van der Waals surface area contributed by atoms with E-state index in [9.17, 15) is 14.0 Å². The molecule has 32 heavy (non-hydrogen) atoms. The first kappa shape index (κ1) is 21.9. The summed E-state index contributed by atoms with van der Waals surface area (Å²) in [5, 5.41) is 4.82. The first-order valence-electron chi connectivity index (χ1n) is 10.6. The Balaban J connectivity index is 1.89. The molecule has 1 aliphatic rings. The molecule has 0 spiro atoms. The third-order valence-electron chi connectivity index (χ3n) is 5.49. The fourth-order valence-corrected chi connectivity index (χ4v) is 4.10. The second-order valence-corrected chi connectivity index (χ2v) is 9.39. The van der Waals surface area contributed by atoms with Gasteiger partial charge in [-0.2, -0.15) is 5.10 Å². The van der Waals surface area contributed by atoms with Crippen LogP contribution in [0.2, 0.25) is 0 Å². The Kier molecular flexibility index (Phi) is 5.22. The Morgan fingerprint density at radius 3 is 2.47 bits per heavy atom. The summed E-state index contributed by atoms with van der Waals surface area (Å²) in [5.74, 6) is 0.177. The maximum absolute atomic E-state index is 14.3. The van der Waals surface area contributed by atoms with E-state index in [-0.39, 0.29) is 24.0 Å². The molecule has 1 atom stereocenters. The molecule has 0 unspecified atom stereocenters. The molecule has 1 aromatic carbocycles. The zero-order valence-corrected chi connectivity index (χ0v) is 19.2. The van der Waals surface area contributed by atoms with Gasteiger partial charge >= 0.3 is 11.8 Å². The number of amides is 1. The predicted octanol–water partition coefficient (Wildman–Crippen LogP) is 3.96. The van der Waals surface area contributed by atoms with Gasteiger partial charge in [-0.3, -0.25) is 4.57 Å². The van der Waals surface area contributed by atoms with Crippen molar-refractivity contribution in [1.29, 1.82) is 0 Å². The molecular formula is C23H28FN5O3. The molecule has 2 aromatic heterocycles. The van der Waals surface area contributed by atoms with Crippen molar-refractivity contribution in [2.24, 2.45) is 0 Å². The number of hydrogen-bond donors (Lipinski definition) is 1. The van der Waals surface area contributed by atoms with Crippen LogP contribution in [0.25, 0.3) is 11.5 Å². The van der Waals surface area contributed by atoms with Crippen molar-refractivity contribution in [1.82, 2.24) is 24.2 Å². The molecule has 0 aliphatic carbocycles. The SMILES string of the molecule is Cc1cc(-n2nc3c(c2-n2cc[nH]c2=O)CN(C(=O)OC(C)(C)C)C[C@@H]3C)cc(C)c1F. The number of carbonyl (C=O) groups excluding carboxylic acids is 1. The largest absolute Gasteiger partial charge is 0.444 e. The van der Waals surface area contributed by atoms with Gasteiger partial charge in [-0.15, -0.1) is 0 Å². The molecule has 1 aliphatic heterocycles. The lowest BCUT2D eigenvalue weighted by Crippen LogP contribution is -2.41. The zero-order chi connectivity index (χ0) is 23.4. The summed E-state index contributed by atoms with van der Waals surface area (Å²) in [6.45, 7) is 11.6. The van der Waals surface area contributed by atoms with Gasteiger partial charge in [-0.05, 0) is 57.9 Å². The third-order valence-corrected chi connectivity index (χ3v) is 5.49. The number of fused-ring (bicyclic) bond motifs is 1. The smallest absolute Gasteiger partial charge is 0.410 e. The second kappa shape index (κ2) is 7.65. The van der Waals surface area contributed by atoms with Crippen LogP contribution in [0.15, 0.2) is 29.3 Å². The van der Waals surface area contributed by atoms with E-state index in [0.29, 0.717) is 29.2 Å².